The van der Waals surface area contributed by atoms with Crippen LogP contribution in [-0.4, -0.2) is 67.2 Å². The lowest BCUT2D eigenvalue weighted by molar-refractivity contribution is -0.199. The van der Waals surface area contributed by atoms with Crippen LogP contribution in [-0.2, 0) is 23.8 Å². The first-order valence-corrected chi connectivity index (χ1v) is 13.0. The topological polar surface area (TPSA) is 57.2 Å². The molecule has 0 saturated heterocycles. The molecule has 0 rings (SSSR count). The second-order valence-electron chi connectivity index (χ2n) is 7.26. The fourth-order valence-electron chi connectivity index (χ4n) is 2.68. The van der Waals surface area contributed by atoms with Crippen molar-refractivity contribution in [3.8, 4) is 0 Å². The third-order valence-electron chi connectivity index (χ3n) is 4.59. The minimum Gasteiger partial charge on any atom is -0.375 e. The second-order valence-corrected chi connectivity index (χ2v) is 8.14. The lowest BCUT2D eigenvalue weighted by atomic mass is 10.1. The monoisotopic (exact) mass is 529 g/mol. The van der Waals surface area contributed by atoms with E-state index >= 15 is 0 Å². The summed E-state index contributed by atoms with van der Waals surface area (Å²) in [6.45, 7) is 11.4. The number of rotatable bonds is 22. The summed E-state index contributed by atoms with van der Waals surface area (Å²) in [6.07, 6.45) is 8.30. The molecule has 0 unspecified atom stereocenters. The Hall–Kier alpha value is 0.0400. The van der Waals surface area contributed by atoms with E-state index in [0.29, 0.717) is 33.0 Å². The quantitative estimate of drug-likeness (QED) is 0.0637. The van der Waals surface area contributed by atoms with Crippen molar-refractivity contribution in [2.24, 2.45) is 0 Å². The van der Waals surface area contributed by atoms with Crippen molar-refractivity contribution in [3.05, 3.63) is 0 Å². The van der Waals surface area contributed by atoms with Gasteiger partial charge in [-0.1, -0.05) is 76.0 Å². The van der Waals surface area contributed by atoms with E-state index in [1.807, 2.05) is 0 Å². The number of hydrogen-bond donors (Lipinski definition) is 0. The van der Waals surface area contributed by atoms with Gasteiger partial charge < -0.3 is 14.2 Å². The molecule has 0 aromatic heterocycles. The third kappa shape index (κ3) is 14.6. The van der Waals surface area contributed by atoms with Crippen molar-refractivity contribution in [1.82, 2.24) is 5.06 Å². The van der Waals surface area contributed by atoms with Gasteiger partial charge in [-0.25, -0.2) is 5.06 Å². The normalized spacial score (nSPS) is 14.5. The number of alkyl halides is 1. The van der Waals surface area contributed by atoms with Crippen molar-refractivity contribution in [3.63, 3.8) is 0 Å². The molecule has 0 aliphatic heterocycles. The van der Waals surface area contributed by atoms with Crippen molar-refractivity contribution < 1.29 is 23.8 Å². The molecule has 0 saturated carbocycles. The zero-order valence-corrected chi connectivity index (χ0v) is 21.2. The number of nitrogens with zero attached hydrogens (tertiary/aromatic N) is 1. The Morgan fingerprint density at radius 3 is 1.72 bits per heavy atom. The number of carbonyl (C=O) groups is 1. The molecule has 0 spiro atoms. The molecule has 3 atom stereocenters. The molecule has 0 fully saturated rings. The highest BCUT2D eigenvalue weighted by Crippen LogP contribution is 2.18. The molecule has 0 N–H and O–H groups in total. The van der Waals surface area contributed by atoms with Crippen LogP contribution in [0.15, 0.2) is 0 Å². The van der Waals surface area contributed by atoms with Crippen LogP contribution in [0.25, 0.3) is 0 Å². The molecule has 6 nitrogen and oxygen atoms in total. The standard InChI is InChI=1S/C22H44INO5/c1-5-9-13-26-20(17-23)22(28-15-11-7-3)21(27-14-10-6-2)18-24(19-25)29-16-12-8-4/h19-22H,5-18H2,1-4H3/t20-,21+,22-/m1/s1. The SMILES string of the molecule is CCCCO[C@@H]([C@H](CN(C=O)OCCCC)OCCCC)[C@@H](CI)OCCCC. The lowest BCUT2D eigenvalue weighted by Crippen LogP contribution is -2.49. The van der Waals surface area contributed by atoms with Crippen LogP contribution in [0.5, 0.6) is 0 Å². The van der Waals surface area contributed by atoms with E-state index in [4.69, 9.17) is 19.0 Å². The number of ether oxygens (including phenoxy) is 3. The molecule has 29 heavy (non-hydrogen) atoms. The fourth-order valence-corrected chi connectivity index (χ4v) is 3.44. The lowest BCUT2D eigenvalue weighted by Gasteiger charge is -2.34. The summed E-state index contributed by atoms with van der Waals surface area (Å²) in [5, 5.41) is 1.36. The van der Waals surface area contributed by atoms with E-state index in [2.05, 4.69) is 50.3 Å². The van der Waals surface area contributed by atoms with Gasteiger partial charge in [0.05, 0.1) is 19.3 Å². The maximum atomic E-state index is 11.6. The number of hydroxylamine groups is 2. The van der Waals surface area contributed by atoms with Gasteiger partial charge in [0.15, 0.2) is 0 Å². The highest BCUT2D eigenvalue weighted by molar-refractivity contribution is 14.1. The summed E-state index contributed by atoms with van der Waals surface area (Å²) in [4.78, 5) is 17.2. The average molecular weight is 530 g/mol. The first-order chi connectivity index (χ1) is 14.2. The highest BCUT2D eigenvalue weighted by Gasteiger charge is 2.33. The average Bonchev–Trinajstić information content (AvgIpc) is 2.73. The Morgan fingerprint density at radius 1 is 0.759 bits per heavy atom. The molecule has 0 heterocycles. The van der Waals surface area contributed by atoms with Gasteiger partial charge in [0, 0.05) is 24.2 Å². The Bertz CT molecular complexity index is 362. The second kappa shape index (κ2) is 21.3. The van der Waals surface area contributed by atoms with E-state index in [1.54, 1.807) is 0 Å². The highest BCUT2D eigenvalue weighted by atomic mass is 127. The van der Waals surface area contributed by atoms with Gasteiger partial charge in [-0.2, -0.15) is 0 Å². The van der Waals surface area contributed by atoms with Crippen LogP contribution < -0.4 is 0 Å². The Labute approximate surface area is 192 Å². The van der Waals surface area contributed by atoms with Crippen LogP contribution >= 0.6 is 22.6 Å². The first-order valence-electron chi connectivity index (χ1n) is 11.4. The molecule has 0 aromatic rings. The molecule has 0 aliphatic carbocycles. The Kier molecular flexibility index (Phi) is 21.3. The van der Waals surface area contributed by atoms with Crippen LogP contribution in [0.3, 0.4) is 0 Å². The van der Waals surface area contributed by atoms with Gasteiger partial charge in [0.2, 0.25) is 6.41 Å². The zero-order chi connectivity index (χ0) is 21.7. The van der Waals surface area contributed by atoms with Gasteiger partial charge in [0.25, 0.3) is 0 Å². The van der Waals surface area contributed by atoms with Gasteiger partial charge in [-0.05, 0) is 25.7 Å². The Morgan fingerprint density at radius 2 is 1.24 bits per heavy atom. The predicted octanol–water partition coefficient (Wildman–Crippen LogP) is 5.17. The minimum atomic E-state index is -0.286. The molecular weight excluding hydrogens is 485 g/mol. The summed E-state index contributed by atoms with van der Waals surface area (Å²) < 4.78 is 19.5. The molecule has 174 valence electrons. The van der Waals surface area contributed by atoms with Gasteiger partial charge in [-0.15, -0.1) is 0 Å². The Balaban J connectivity index is 5.26. The van der Waals surface area contributed by atoms with Gasteiger partial charge >= 0.3 is 0 Å². The fraction of sp³-hybridized carbons (Fsp3) is 0.955. The van der Waals surface area contributed by atoms with Crippen LogP contribution in [0.1, 0.15) is 79.1 Å². The molecule has 0 aromatic carbocycles. The van der Waals surface area contributed by atoms with E-state index in [0.717, 1.165) is 62.2 Å². The van der Waals surface area contributed by atoms with Crippen LogP contribution in [0.2, 0.25) is 0 Å². The van der Waals surface area contributed by atoms with Crippen molar-refractivity contribution >= 4 is 29.0 Å². The van der Waals surface area contributed by atoms with E-state index < -0.39 is 0 Å². The van der Waals surface area contributed by atoms with Crippen molar-refractivity contribution in [1.29, 1.82) is 0 Å². The van der Waals surface area contributed by atoms with Crippen molar-refractivity contribution in [2.45, 2.75) is 97.4 Å². The molecule has 0 bridgehead atoms. The summed E-state index contributed by atoms with van der Waals surface area (Å²) >= 11 is 2.35. The van der Waals surface area contributed by atoms with E-state index in [1.165, 1.54) is 5.06 Å². The summed E-state index contributed by atoms with van der Waals surface area (Å²) in [7, 11) is 0. The number of unbranched alkanes of at least 4 members (excludes halogenated alkanes) is 4. The molecule has 0 aliphatic rings. The van der Waals surface area contributed by atoms with Gasteiger partial charge in [-0.3, -0.25) is 9.63 Å². The van der Waals surface area contributed by atoms with E-state index in [-0.39, 0.29) is 18.3 Å². The first kappa shape index (κ1) is 29.0. The smallest absolute Gasteiger partial charge is 0.233 e. The predicted molar refractivity (Wildman–Crippen MR) is 126 cm³/mol. The molecule has 7 heteroatoms. The summed E-state index contributed by atoms with van der Waals surface area (Å²) in [6, 6.07) is 0. The molecule has 1 amide bonds. The zero-order valence-electron chi connectivity index (χ0n) is 19.1. The van der Waals surface area contributed by atoms with Crippen LogP contribution in [0.4, 0.5) is 0 Å². The minimum absolute atomic E-state index is 0.0743. The largest absolute Gasteiger partial charge is 0.375 e. The number of amides is 1. The van der Waals surface area contributed by atoms with E-state index in [9.17, 15) is 4.79 Å². The maximum Gasteiger partial charge on any atom is 0.233 e. The van der Waals surface area contributed by atoms with Gasteiger partial charge in [0.1, 0.15) is 12.2 Å². The summed E-state index contributed by atoms with van der Waals surface area (Å²) in [5.74, 6) is 0. The third-order valence-corrected chi connectivity index (χ3v) is 5.45. The van der Waals surface area contributed by atoms with Crippen molar-refractivity contribution in [2.75, 3.05) is 37.4 Å². The maximum absolute atomic E-state index is 11.6. The number of halogens is 1. The number of carbonyl (C=O) groups excluding carboxylic acids is 1. The summed E-state index contributed by atoms with van der Waals surface area (Å²) in [5.41, 5.74) is 0. The molecular formula is C22H44INO5. The number of hydrogen-bond acceptors (Lipinski definition) is 5. The van der Waals surface area contributed by atoms with Crippen LogP contribution in [0, 0.1) is 0 Å². The molecule has 0 radical (unpaired) electrons.